The average Bonchev–Trinajstić information content (AvgIpc) is 3.27. The molecule has 0 fully saturated rings. The van der Waals surface area contributed by atoms with Crippen LogP contribution >= 0.6 is 0 Å². The predicted molar refractivity (Wildman–Crippen MR) is 97.6 cm³/mol. The lowest BCUT2D eigenvalue weighted by atomic mass is 10.2. The maximum atomic E-state index is 12.6. The molecular weight excluding hydrogens is 350 g/mol. The van der Waals surface area contributed by atoms with Gasteiger partial charge in [-0.25, -0.2) is 0 Å². The SMILES string of the molecule is CN(Cc1ccc2c(c1)OCO2)C(=O)Cn1ccc2cc([N+](=O)[O-])ccc21. The fourth-order valence-corrected chi connectivity index (χ4v) is 3.11. The molecule has 27 heavy (non-hydrogen) atoms. The molecule has 1 aliphatic rings. The van der Waals surface area contributed by atoms with Crippen molar-refractivity contribution in [1.29, 1.82) is 0 Å². The van der Waals surface area contributed by atoms with Crippen molar-refractivity contribution in [2.75, 3.05) is 13.8 Å². The smallest absolute Gasteiger partial charge is 0.270 e. The third-order valence-electron chi connectivity index (χ3n) is 4.55. The van der Waals surface area contributed by atoms with Crippen LogP contribution in [-0.2, 0) is 17.9 Å². The monoisotopic (exact) mass is 367 g/mol. The minimum atomic E-state index is -0.429. The van der Waals surface area contributed by atoms with Crippen LogP contribution < -0.4 is 9.47 Å². The van der Waals surface area contributed by atoms with Crippen molar-refractivity contribution >= 4 is 22.5 Å². The fourth-order valence-electron chi connectivity index (χ4n) is 3.11. The first-order chi connectivity index (χ1) is 13.0. The molecule has 4 rings (SSSR count). The van der Waals surface area contributed by atoms with E-state index in [1.165, 1.54) is 12.1 Å². The van der Waals surface area contributed by atoms with Crippen molar-refractivity contribution in [1.82, 2.24) is 9.47 Å². The summed E-state index contributed by atoms with van der Waals surface area (Å²) < 4.78 is 12.4. The molecule has 0 saturated carbocycles. The second-order valence-corrected chi connectivity index (χ2v) is 6.38. The van der Waals surface area contributed by atoms with Crippen molar-refractivity contribution in [2.24, 2.45) is 0 Å². The van der Waals surface area contributed by atoms with Gasteiger partial charge in [0.15, 0.2) is 11.5 Å². The van der Waals surface area contributed by atoms with Gasteiger partial charge in [0.25, 0.3) is 5.69 Å². The number of amides is 1. The van der Waals surface area contributed by atoms with E-state index in [0.717, 1.165) is 16.5 Å². The number of aromatic nitrogens is 1. The molecule has 0 bridgehead atoms. The van der Waals surface area contributed by atoms with Gasteiger partial charge in [0, 0.05) is 42.8 Å². The van der Waals surface area contributed by atoms with E-state index in [4.69, 9.17) is 9.47 Å². The van der Waals surface area contributed by atoms with Gasteiger partial charge in [0.1, 0.15) is 6.54 Å². The number of nitrogens with zero attached hydrogens (tertiary/aromatic N) is 3. The van der Waals surface area contributed by atoms with E-state index < -0.39 is 4.92 Å². The predicted octanol–water partition coefficient (Wildman–Crippen LogP) is 2.94. The first-order valence-corrected chi connectivity index (χ1v) is 8.37. The van der Waals surface area contributed by atoms with Crippen LogP contribution in [0.4, 0.5) is 5.69 Å². The number of non-ortho nitro benzene ring substituents is 1. The van der Waals surface area contributed by atoms with Gasteiger partial charge >= 0.3 is 0 Å². The number of benzene rings is 2. The molecule has 0 atom stereocenters. The Labute approximate surface area is 154 Å². The molecule has 0 aliphatic carbocycles. The Hall–Kier alpha value is -3.55. The number of fused-ring (bicyclic) bond motifs is 2. The number of hydrogen-bond acceptors (Lipinski definition) is 5. The van der Waals surface area contributed by atoms with Crippen LogP contribution in [0, 0.1) is 10.1 Å². The van der Waals surface area contributed by atoms with E-state index in [9.17, 15) is 14.9 Å². The molecular formula is C19H17N3O5. The molecule has 8 nitrogen and oxygen atoms in total. The molecule has 3 aromatic rings. The third kappa shape index (κ3) is 3.29. The summed E-state index contributed by atoms with van der Waals surface area (Å²) in [6, 6.07) is 12.0. The summed E-state index contributed by atoms with van der Waals surface area (Å²) >= 11 is 0. The summed E-state index contributed by atoms with van der Waals surface area (Å²) in [6.45, 7) is 0.814. The number of carbonyl (C=O) groups is 1. The van der Waals surface area contributed by atoms with Crippen LogP contribution in [0.3, 0.4) is 0 Å². The summed E-state index contributed by atoms with van der Waals surface area (Å²) in [5, 5.41) is 11.6. The van der Waals surface area contributed by atoms with E-state index in [1.807, 2.05) is 18.2 Å². The maximum absolute atomic E-state index is 12.6. The van der Waals surface area contributed by atoms with Crippen molar-refractivity contribution in [3.05, 3.63) is 64.3 Å². The van der Waals surface area contributed by atoms with Gasteiger partial charge in [-0.2, -0.15) is 0 Å². The normalized spacial score (nSPS) is 12.3. The number of hydrogen-bond donors (Lipinski definition) is 0. The minimum Gasteiger partial charge on any atom is -0.454 e. The fraction of sp³-hybridized carbons (Fsp3) is 0.211. The van der Waals surface area contributed by atoms with Crippen molar-refractivity contribution in [3.8, 4) is 11.5 Å². The standard InChI is InChI=1S/C19H17N3O5/c1-20(10-13-2-5-17-18(8-13)27-12-26-17)19(23)11-21-7-6-14-9-15(22(24)25)3-4-16(14)21/h2-9H,10-12H2,1H3. The van der Waals surface area contributed by atoms with Gasteiger partial charge < -0.3 is 18.9 Å². The number of ether oxygens (including phenoxy) is 2. The first kappa shape index (κ1) is 16.9. The van der Waals surface area contributed by atoms with E-state index in [0.29, 0.717) is 18.0 Å². The minimum absolute atomic E-state index is 0.0338. The Morgan fingerprint density at radius 2 is 2.00 bits per heavy atom. The van der Waals surface area contributed by atoms with Gasteiger partial charge in [0.05, 0.1) is 4.92 Å². The van der Waals surface area contributed by atoms with Crippen LogP contribution in [0.2, 0.25) is 0 Å². The Morgan fingerprint density at radius 3 is 2.81 bits per heavy atom. The molecule has 2 aromatic carbocycles. The molecule has 8 heteroatoms. The lowest BCUT2D eigenvalue weighted by Gasteiger charge is -2.18. The molecule has 1 aromatic heterocycles. The van der Waals surface area contributed by atoms with Crippen LogP contribution in [0.25, 0.3) is 10.9 Å². The van der Waals surface area contributed by atoms with E-state index in [-0.39, 0.29) is 24.9 Å². The molecule has 0 unspecified atom stereocenters. The zero-order valence-electron chi connectivity index (χ0n) is 14.6. The third-order valence-corrected chi connectivity index (χ3v) is 4.55. The molecule has 2 heterocycles. The highest BCUT2D eigenvalue weighted by atomic mass is 16.7. The maximum Gasteiger partial charge on any atom is 0.270 e. The summed E-state index contributed by atoms with van der Waals surface area (Å²) in [4.78, 5) is 24.7. The summed E-state index contributed by atoms with van der Waals surface area (Å²) in [5.41, 5.74) is 1.76. The molecule has 0 radical (unpaired) electrons. The Bertz CT molecular complexity index is 1040. The Balaban J connectivity index is 1.47. The zero-order valence-corrected chi connectivity index (χ0v) is 14.6. The molecule has 1 aliphatic heterocycles. The second kappa shape index (κ2) is 6.64. The van der Waals surface area contributed by atoms with Crippen molar-refractivity contribution < 1.29 is 19.2 Å². The van der Waals surface area contributed by atoms with E-state index in [2.05, 4.69) is 0 Å². The number of likely N-dealkylation sites (N-methyl/N-ethyl adjacent to an activating group) is 1. The highest BCUT2D eigenvalue weighted by Crippen LogP contribution is 2.32. The van der Waals surface area contributed by atoms with Crippen LogP contribution in [0.15, 0.2) is 48.7 Å². The first-order valence-electron chi connectivity index (χ1n) is 8.37. The number of carbonyl (C=O) groups excluding carboxylic acids is 1. The second-order valence-electron chi connectivity index (χ2n) is 6.38. The van der Waals surface area contributed by atoms with Crippen molar-refractivity contribution in [3.63, 3.8) is 0 Å². The zero-order chi connectivity index (χ0) is 19.0. The lowest BCUT2D eigenvalue weighted by molar-refractivity contribution is -0.384. The quantitative estimate of drug-likeness (QED) is 0.511. The summed E-state index contributed by atoms with van der Waals surface area (Å²) in [7, 11) is 1.74. The van der Waals surface area contributed by atoms with E-state index >= 15 is 0 Å². The van der Waals surface area contributed by atoms with Crippen LogP contribution in [0.1, 0.15) is 5.56 Å². The topological polar surface area (TPSA) is 86.8 Å². The highest BCUT2D eigenvalue weighted by Gasteiger charge is 2.16. The Morgan fingerprint density at radius 1 is 1.19 bits per heavy atom. The van der Waals surface area contributed by atoms with Gasteiger partial charge in [0.2, 0.25) is 12.7 Å². The number of nitro benzene ring substituents is 1. The number of nitro groups is 1. The molecule has 0 saturated heterocycles. The number of rotatable bonds is 5. The largest absolute Gasteiger partial charge is 0.454 e. The highest BCUT2D eigenvalue weighted by molar-refractivity contribution is 5.85. The van der Waals surface area contributed by atoms with E-state index in [1.54, 1.807) is 34.8 Å². The van der Waals surface area contributed by atoms with Crippen LogP contribution in [-0.4, -0.2) is 34.1 Å². The molecule has 0 spiro atoms. The van der Waals surface area contributed by atoms with Crippen LogP contribution in [0.5, 0.6) is 11.5 Å². The van der Waals surface area contributed by atoms with Gasteiger partial charge in [-0.1, -0.05) is 6.07 Å². The molecule has 1 amide bonds. The molecule has 0 N–H and O–H groups in total. The van der Waals surface area contributed by atoms with Gasteiger partial charge in [-0.15, -0.1) is 0 Å². The lowest BCUT2D eigenvalue weighted by Crippen LogP contribution is -2.29. The summed E-state index contributed by atoms with van der Waals surface area (Å²) in [6.07, 6.45) is 1.76. The molecule has 138 valence electrons. The van der Waals surface area contributed by atoms with Crippen molar-refractivity contribution in [2.45, 2.75) is 13.1 Å². The average molecular weight is 367 g/mol. The van der Waals surface area contributed by atoms with Gasteiger partial charge in [-0.05, 0) is 29.8 Å². The Kier molecular flexibility index (Phi) is 4.15. The van der Waals surface area contributed by atoms with Gasteiger partial charge in [-0.3, -0.25) is 14.9 Å². The summed E-state index contributed by atoms with van der Waals surface area (Å²) in [5.74, 6) is 1.33.